The molecule has 0 radical (unpaired) electrons. The predicted octanol–water partition coefficient (Wildman–Crippen LogP) is 2.59. The lowest BCUT2D eigenvalue weighted by Crippen LogP contribution is -2.39. The van der Waals surface area contributed by atoms with Gasteiger partial charge in [-0.2, -0.15) is 4.31 Å². The van der Waals surface area contributed by atoms with Crippen LogP contribution in [-0.4, -0.2) is 30.9 Å². The molecule has 0 spiro atoms. The summed E-state index contributed by atoms with van der Waals surface area (Å²) in [7, 11) is -1.80. The molecule has 0 unspecified atom stereocenters. The lowest BCUT2D eigenvalue weighted by Gasteiger charge is -2.32. The first-order valence-electron chi connectivity index (χ1n) is 6.68. The maximum absolute atomic E-state index is 12.5. The van der Waals surface area contributed by atoms with E-state index in [1.54, 1.807) is 7.05 Å². The summed E-state index contributed by atoms with van der Waals surface area (Å²) in [5, 5.41) is 9.23. The molecule has 1 aliphatic rings. The summed E-state index contributed by atoms with van der Waals surface area (Å²) in [4.78, 5) is 0.242. The fourth-order valence-electron chi connectivity index (χ4n) is 2.59. The van der Waals surface area contributed by atoms with Gasteiger partial charge in [-0.25, -0.2) is 8.42 Å². The van der Waals surface area contributed by atoms with Crippen LogP contribution in [0.3, 0.4) is 0 Å². The van der Waals surface area contributed by atoms with Crippen molar-refractivity contribution in [3.8, 4) is 5.75 Å². The Morgan fingerprint density at radius 2 is 1.63 bits per heavy atom. The minimum absolute atomic E-state index is 0.0769. The highest BCUT2D eigenvalue weighted by Crippen LogP contribution is 2.29. The summed E-state index contributed by atoms with van der Waals surface area (Å²) in [6.45, 7) is 2.21. The van der Waals surface area contributed by atoms with Crippen LogP contribution in [0.2, 0.25) is 0 Å². The third kappa shape index (κ3) is 3.09. The van der Waals surface area contributed by atoms with Crippen molar-refractivity contribution >= 4 is 10.0 Å². The Labute approximate surface area is 115 Å². The van der Waals surface area contributed by atoms with Crippen molar-refractivity contribution in [2.24, 2.45) is 5.92 Å². The Bertz CT molecular complexity index is 516. The molecule has 0 saturated heterocycles. The molecule has 2 rings (SSSR count). The Hall–Kier alpha value is -1.07. The number of phenols is 1. The summed E-state index contributed by atoms with van der Waals surface area (Å²) in [6, 6.07) is 5.81. The molecule has 1 aromatic carbocycles. The van der Waals surface area contributed by atoms with Crippen molar-refractivity contribution in [1.82, 2.24) is 4.31 Å². The molecule has 5 heteroatoms. The number of aromatic hydroxyl groups is 1. The first-order valence-corrected chi connectivity index (χ1v) is 8.12. The molecule has 19 heavy (non-hydrogen) atoms. The molecule has 0 bridgehead atoms. The Morgan fingerprint density at radius 1 is 1.11 bits per heavy atom. The quantitative estimate of drug-likeness (QED) is 0.927. The van der Waals surface area contributed by atoms with E-state index in [9.17, 15) is 13.5 Å². The molecule has 1 N–H and O–H groups in total. The standard InChI is InChI=1S/C14H21NO3S/c1-11-3-5-12(6-4-11)15(2)19(17,18)14-9-7-13(16)8-10-14/h7-12,16H,3-6H2,1-2H3. The third-order valence-electron chi connectivity index (χ3n) is 4.01. The van der Waals surface area contributed by atoms with Crippen LogP contribution >= 0.6 is 0 Å². The molecular weight excluding hydrogens is 262 g/mol. The van der Waals surface area contributed by atoms with E-state index in [4.69, 9.17) is 0 Å². The van der Waals surface area contributed by atoms with Gasteiger partial charge in [0.2, 0.25) is 10.0 Å². The second kappa shape index (κ2) is 5.51. The van der Waals surface area contributed by atoms with Crippen LogP contribution < -0.4 is 0 Å². The molecule has 1 aliphatic carbocycles. The zero-order valence-corrected chi connectivity index (χ0v) is 12.2. The van der Waals surface area contributed by atoms with Crippen LogP contribution in [0.5, 0.6) is 5.75 Å². The molecule has 0 aliphatic heterocycles. The second-order valence-corrected chi connectivity index (χ2v) is 7.43. The lowest BCUT2D eigenvalue weighted by molar-refractivity contribution is 0.246. The zero-order chi connectivity index (χ0) is 14.0. The van der Waals surface area contributed by atoms with E-state index in [0.29, 0.717) is 5.92 Å². The lowest BCUT2D eigenvalue weighted by atomic mass is 9.87. The van der Waals surface area contributed by atoms with Crippen LogP contribution in [0.25, 0.3) is 0 Å². The number of hydrogen-bond donors (Lipinski definition) is 1. The number of benzene rings is 1. The summed E-state index contributed by atoms with van der Waals surface area (Å²) in [5.74, 6) is 0.772. The maximum Gasteiger partial charge on any atom is 0.243 e. The molecular formula is C14H21NO3S. The van der Waals surface area contributed by atoms with Crippen molar-refractivity contribution in [3.63, 3.8) is 0 Å². The highest BCUT2D eigenvalue weighted by Gasteiger charge is 2.30. The van der Waals surface area contributed by atoms with Crippen molar-refractivity contribution in [2.75, 3.05) is 7.05 Å². The van der Waals surface area contributed by atoms with E-state index in [2.05, 4.69) is 6.92 Å². The molecule has 0 heterocycles. The Kier molecular flexibility index (Phi) is 4.16. The number of nitrogens with zero attached hydrogens (tertiary/aromatic N) is 1. The van der Waals surface area contributed by atoms with Gasteiger partial charge in [0.15, 0.2) is 0 Å². The number of sulfonamides is 1. The van der Waals surface area contributed by atoms with Gasteiger partial charge in [0, 0.05) is 13.1 Å². The SMILES string of the molecule is CC1CCC(N(C)S(=O)(=O)c2ccc(O)cc2)CC1. The van der Waals surface area contributed by atoms with Gasteiger partial charge in [0.25, 0.3) is 0 Å². The van der Waals surface area contributed by atoms with Crippen molar-refractivity contribution in [3.05, 3.63) is 24.3 Å². The van der Waals surface area contributed by atoms with Crippen LogP contribution in [0.1, 0.15) is 32.6 Å². The normalized spacial score (nSPS) is 24.6. The summed E-state index contributed by atoms with van der Waals surface area (Å²) < 4.78 is 26.4. The van der Waals surface area contributed by atoms with E-state index in [-0.39, 0.29) is 16.7 Å². The summed E-state index contributed by atoms with van der Waals surface area (Å²) in [5.41, 5.74) is 0. The molecule has 1 fully saturated rings. The zero-order valence-electron chi connectivity index (χ0n) is 11.4. The van der Waals surface area contributed by atoms with Crippen molar-refractivity contribution < 1.29 is 13.5 Å². The van der Waals surface area contributed by atoms with E-state index in [1.165, 1.54) is 28.6 Å². The predicted molar refractivity (Wildman–Crippen MR) is 74.5 cm³/mol. The van der Waals surface area contributed by atoms with Crippen molar-refractivity contribution in [1.29, 1.82) is 0 Å². The molecule has 1 aromatic rings. The minimum Gasteiger partial charge on any atom is -0.508 e. The Balaban J connectivity index is 2.17. The highest BCUT2D eigenvalue weighted by molar-refractivity contribution is 7.89. The average molecular weight is 283 g/mol. The van der Waals surface area contributed by atoms with Gasteiger partial charge >= 0.3 is 0 Å². The van der Waals surface area contributed by atoms with Crippen molar-refractivity contribution in [2.45, 2.75) is 43.5 Å². The van der Waals surface area contributed by atoms with Gasteiger partial charge in [-0.1, -0.05) is 6.92 Å². The summed E-state index contributed by atoms with van der Waals surface area (Å²) >= 11 is 0. The van der Waals surface area contributed by atoms with E-state index in [0.717, 1.165) is 25.7 Å². The van der Waals surface area contributed by atoms with E-state index >= 15 is 0 Å². The maximum atomic E-state index is 12.5. The van der Waals surface area contributed by atoms with Gasteiger partial charge < -0.3 is 5.11 Å². The minimum atomic E-state index is -3.45. The molecule has 0 amide bonds. The van der Waals surface area contributed by atoms with Crippen LogP contribution in [0.4, 0.5) is 0 Å². The van der Waals surface area contributed by atoms with Gasteiger partial charge in [-0.15, -0.1) is 0 Å². The first-order chi connectivity index (χ1) is 8.91. The number of phenolic OH excluding ortho intramolecular Hbond substituents is 1. The average Bonchev–Trinajstić information content (AvgIpc) is 2.39. The summed E-state index contributed by atoms with van der Waals surface area (Å²) in [6.07, 6.45) is 4.02. The third-order valence-corrected chi connectivity index (χ3v) is 5.94. The van der Waals surface area contributed by atoms with Gasteiger partial charge in [-0.3, -0.25) is 0 Å². The first kappa shape index (κ1) is 14.3. The van der Waals surface area contributed by atoms with Crippen LogP contribution in [-0.2, 0) is 10.0 Å². The fourth-order valence-corrected chi connectivity index (χ4v) is 4.00. The van der Waals surface area contributed by atoms with E-state index in [1.807, 2.05) is 0 Å². The topological polar surface area (TPSA) is 57.6 Å². The molecule has 0 atom stereocenters. The largest absolute Gasteiger partial charge is 0.508 e. The van der Waals surface area contributed by atoms with Gasteiger partial charge in [-0.05, 0) is 55.9 Å². The van der Waals surface area contributed by atoms with Gasteiger partial charge in [0.05, 0.1) is 4.90 Å². The highest BCUT2D eigenvalue weighted by atomic mass is 32.2. The monoisotopic (exact) mass is 283 g/mol. The number of rotatable bonds is 3. The molecule has 106 valence electrons. The molecule has 4 nitrogen and oxygen atoms in total. The second-order valence-electron chi connectivity index (χ2n) is 5.43. The van der Waals surface area contributed by atoms with E-state index < -0.39 is 10.0 Å². The molecule has 0 aromatic heterocycles. The van der Waals surface area contributed by atoms with Gasteiger partial charge in [0.1, 0.15) is 5.75 Å². The molecule has 1 saturated carbocycles. The number of hydrogen-bond acceptors (Lipinski definition) is 3. The fraction of sp³-hybridized carbons (Fsp3) is 0.571. The van der Waals surface area contributed by atoms with Crippen LogP contribution in [0.15, 0.2) is 29.2 Å². The Morgan fingerprint density at radius 3 is 2.16 bits per heavy atom. The van der Waals surface area contributed by atoms with Crippen LogP contribution in [0, 0.1) is 5.92 Å². The smallest absolute Gasteiger partial charge is 0.243 e.